The van der Waals surface area contributed by atoms with Gasteiger partial charge in [-0.15, -0.1) is 0 Å². The normalized spacial score (nSPS) is 16.9. The number of carbonyl (C=O) groups is 1. The van der Waals surface area contributed by atoms with Gasteiger partial charge in [-0.25, -0.2) is 0 Å². The highest BCUT2D eigenvalue weighted by atomic mass is 19.4. The van der Waals surface area contributed by atoms with Gasteiger partial charge in [0.2, 0.25) is 5.91 Å². The van der Waals surface area contributed by atoms with E-state index in [1.54, 1.807) is 4.90 Å². The van der Waals surface area contributed by atoms with Crippen molar-refractivity contribution in [2.24, 2.45) is 0 Å². The van der Waals surface area contributed by atoms with E-state index in [4.69, 9.17) is 0 Å². The topological polar surface area (TPSA) is 78.7 Å². The molecule has 1 aromatic carbocycles. The molecule has 1 heterocycles. The zero-order valence-electron chi connectivity index (χ0n) is 15.3. The maximum absolute atomic E-state index is 12.8. The number of nitro groups is 1. The number of hydrogen-bond donors (Lipinski definition) is 1. The van der Waals surface area contributed by atoms with Crippen molar-refractivity contribution in [3.05, 3.63) is 33.9 Å². The van der Waals surface area contributed by atoms with Crippen molar-refractivity contribution >= 4 is 17.3 Å². The summed E-state index contributed by atoms with van der Waals surface area (Å²) in [6.45, 7) is 5.89. The molecule has 1 atom stereocenters. The van der Waals surface area contributed by atoms with Crippen LogP contribution in [0.5, 0.6) is 0 Å². The Morgan fingerprint density at radius 2 is 1.93 bits per heavy atom. The summed E-state index contributed by atoms with van der Waals surface area (Å²) < 4.78 is 38.4. The van der Waals surface area contributed by atoms with Crippen LogP contribution in [0.2, 0.25) is 0 Å². The smallest absolute Gasteiger partial charge is 0.363 e. The van der Waals surface area contributed by atoms with E-state index >= 15 is 0 Å². The molecule has 0 aromatic heterocycles. The Morgan fingerprint density at radius 3 is 2.44 bits per heavy atom. The third-order valence-corrected chi connectivity index (χ3v) is 4.60. The van der Waals surface area contributed by atoms with Gasteiger partial charge in [-0.3, -0.25) is 19.8 Å². The van der Waals surface area contributed by atoms with Crippen LogP contribution in [0.25, 0.3) is 0 Å². The molecule has 0 aliphatic carbocycles. The van der Waals surface area contributed by atoms with Crippen molar-refractivity contribution < 1.29 is 22.9 Å². The summed E-state index contributed by atoms with van der Waals surface area (Å²) in [5.74, 6) is -0.0849. The predicted molar refractivity (Wildman–Crippen MR) is 94.6 cm³/mol. The lowest BCUT2D eigenvalue weighted by Gasteiger charge is -2.35. The second-order valence-corrected chi connectivity index (χ2v) is 6.60. The molecule has 1 aliphatic rings. The van der Waals surface area contributed by atoms with Gasteiger partial charge in [-0.2, -0.15) is 13.2 Å². The van der Waals surface area contributed by atoms with E-state index in [1.165, 1.54) is 0 Å². The van der Waals surface area contributed by atoms with Gasteiger partial charge < -0.3 is 10.2 Å². The van der Waals surface area contributed by atoms with E-state index in [9.17, 15) is 28.1 Å². The number of anilines is 1. The van der Waals surface area contributed by atoms with Crippen molar-refractivity contribution in [3.63, 3.8) is 0 Å². The van der Waals surface area contributed by atoms with Crippen LogP contribution in [0.3, 0.4) is 0 Å². The average molecular weight is 388 g/mol. The summed E-state index contributed by atoms with van der Waals surface area (Å²) in [6, 6.07) is 2.66. The van der Waals surface area contributed by atoms with Crippen molar-refractivity contribution in [2.75, 3.05) is 37.6 Å². The third-order valence-electron chi connectivity index (χ3n) is 4.60. The first-order valence-electron chi connectivity index (χ1n) is 8.74. The molecule has 0 radical (unpaired) electrons. The van der Waals surface area contributed by atoms with E-state index in [1.807, 2.05) is 18.7 Å². The van der Waals surface area contributed by atoms with Crippen LogP contribution < -0.4 is 10.2 Å². The Bertz CT molecular complexity index is 688. The molecule has 10 heteroatoms. The van der Waals surface area contributed by atoms with Crippen molar-refractivity contribution in [3.8, 4) is 0 Å². The maximum Gasteiger partial charge on any atom is 0.416 e. The number of carbonyl (C=O) groups excluding carboxylic acids is 1. The Labute approximate surface area is 155 Å². The van der Waals surface area contributed by atoms with E-state index in [0.717, 1.165) is 18.6 Å². The lowest BCUT2D eigenvalue weighted by molar-refractivity contribution is -0.384. The largest absolute Gasteiger partial charge is 0.416 e. The number of nitrogens with one attached hydrogen (secondary N) is 1. The molecule has 1 aliphatic heterocycles. The summed E-state index contributed by atoms with van der Waals surface area (Å²) in [7, 11) is 0. The molecule has 1 aromatic rings. The molecule has 0 saturated carbocycles. The quantitative estimate of drug-likeness (QED) is 0.599. The molecular weight excluding hydrogens is 365 g/mol. The standard InChI is InChI=1S/C17H23F3N4O3/c1-3-12(2)21-16(25)11-22-6-8-23(9-7-22)14-5-4-13(17(18,19)20)10-15(14)24(26)27/h4-5,10,12H,3,6-9,11H2,1-2H3,(H,21,25)/t12-/m1/s1. The Morgan fingerprint density at radius 1 is 1.30 bits per heavy atom. The van der Waals surface area contributed by atoms with E-state index in [2.05, 4.69) is 5.32 Å². The summed E-state index contributed by atoms with van der Waals surface area (Å²) in [4.78, 5) is 26.0. The lowest BCUT2D eigenvalue weighted by atomic mass is 10.1. The van der Waals surface area contributed by atoms with Crippen LogP contribution in [0.1, 0.15) is 25.8 Å². The fraction of sp³-hybridized carbons (Fsp3) is 0.588. The molecule has 0 unspecified atom stereocenters. The number of nitro benzene ring substituents is 1. The average Bonchev–Trinajstić information content (AvgIpc) is 2.60. The number of hydrogen-bond acceptors (Lipinski definition) is 5. The molecule has 1 N–H and O–H groups in total. The van der Waals surface area contributed by atoms with Crippen molar-refractivity contribution in [2.45, 2.75) is 32.5 Å². The van der Waals surface area contributed by atoms with Gasteiger partial charge in [0.05, 0.1) is 17.0 Å². The molecule has 0 bridgehead atoms. The highest BCUT2D eigenvalue weighted by Gasteiger charge is 2.34. The predicted octanol–water partition coefficient (Wildman–Crippen LogP) is 2.65. The van der Waals surface area contributed by atoms with Crippen LogP contribution in [-0.4, -0.2) is 54.5 Å². The summed E-state index contributed by atoms with van der Waals surface area (Å²) in [5, 5.41) is 14.1. The van der Waals surface area contributed by atoms with Crippen LogP contribution >= 0.6 is 0 Å². The minimum absolute atomic E-state index is 0.0849. The van der Waals surface area contributed by atoms with E-state index in [0.29, 0.717) is 32.2 Å². The SMILES string of the molecule is CC[C@@H](C)NC(=O)CN1CCN(c2ccc(C(F)(F)F)cc2[N+](=O)[O-])CC1. The number of rotatable bonds is 6. The number of halogens is 3. The van der Waals surface area contributed by atoms with Gasteiger partial charge in [0.1, 0.15) is 5.69 Å². The molecule has 27 heavy (non-hydrogen) atoms. The summed E-state index contributed by atoms with van der Waals surface area (Å²) in [5.41, 5.74) is -1.44. The van der Waals surface area contributed by atoms with Gasteiger partial charge in [-0.05, 0) is 25.5 Å². The molecule has 0 spiro atoms. The van der Waals surface area contributed by atoms with Crippen molar-refractivity contribution in [1.29, 1.82) is 0 Å². The van der Waals surface area contributed by atoms with Crippen LogP contribution in [-0.2, 0) is 11.0 Å². The molecule has 2 rings (SSSR count). The van der Waals surface area contributed by atoms with E-state index in [-0.39, 0.29) is 24.2 Å². The summed E-state index contributed by atoms with van der Waals surface area (Å²) in [6.07, 6.45) is -3.80. The first-order chi connectivity index (χ1) is 12.6. The van der Waals surface area contributed by atoms with Crippen LogP contribution in [0.15, 0.2) is 18.2 Å². The number of nitrogens with zero attached hydrogens (tertiary/aromatic N) is 3. The Balaban J connectivity index is 2.03. The number of benzene rings is 1. The number of alkyl halides is 3. The molecule has 1 fully saturated rings. The third kappa shape index (κ3) is 5.56. The molecular formula is C17H23F3N4O3. The van der Waals surface area contributed by atoms with Crippen LogP contribution in [0.4, 0.5) is 24.5 Å². The minimum Gasteiger partial charge on any atom is -0.363 e. The first-order valence-corrected chi connectivity index (χ1v) is 8.74. The molecule has 150 valence electrons. The Kier molecular flexibility index (Phi) is 6.63. The second kappa shape index (κ2) is 8.55. The van der Waals surface area contributed by atoms with Gasteiger partial charge in [0.15, 0.2) is 0 Å². The van der Waals surface area contributed by atoms with Gasteiger partial charge in [-0.1, -0.05) is 6.92 Å². The zero-order valence-corrected chi connectivity index (χ0v) is 15.3. The molecule has 1 amide bonds. The van der Waals surface area contributed by atoms with Crippen molar-refractivity contribution in [1.82, 2.24) is 10.2 Å². The van der Waals surface area contributed by atoms with Gasteiger partial charge in [0.25, 0.3) is 5.69 Å². The highest BCUT2D eigenvalue weighted by Crippen LogP contribution is 2.36. The van der Waals surface area contributed by atoms with Crippen LogP contribution in [0, 0.1) is 10.1 Å². The number of piperazine rings is 1. The fourth-order valence-corrected chi connectivity index (χ4v) is 2.89. The lowest BCUT2D eigenvalue weighted by Crippen LogP contribution is -2.50. The zero-order chi connectivity index (χ0) is 20.2. The Hall–Kier alpha value is -2.36. The molecule has 1 saturated heterocycles. The minimum atomic E-state index is -4.63. The fourth-order valence-electron chi connectivity index (χ4n) is 2.89. The van der Waals surface area contributed by atoms with E-state index < -0.39 is 22.4 Å². The monoisotopic (exact) mass is 388 g/mol. The highest BCUT2D eigenvalue weighted by molar-refractivity contribution is 5.78. The summed E-state index contributed by atoms with van der Waals surface area (Å²) >= 11 is 0. The molecule has 7 nitrogen and oxygen atoms in total. The first kappa shape index (κ1) is 20.9. The van der Waals surface area contributed by atoms with Gasteiger partial charge in [0, 0.05) is 38.3 Å². The van der Waals surface area contributed by atoms with Gasteiger partial charge >= 0.3 is 6.18 Å². The maximum atomic E-state index is 12.8. The second-order valence-electron chi connectivity index (χ2n) is 6.60. The number of amides is 1.